The standard InChI is InChI=1S/C19H14ClN5O/c1-12-22-23-18-9-8-17(24-25(12)18)13-4-3-7-16(11-13)21-19(26)14-5-2-6-15(20)10-14/h2-11H,1H3,(H,21,26). The zero-order valence-electron chi connectivity index (χ0n) is 13.8. The summed E-state index contributed by atoms with van der Waals surface area (Å²) in [7, 11) is 0. The van der Waals surface area contributed by atoms with Crippen LogP contribution < -0.4 is 5.32 Å². The third kappa shape index (κ3) is 3.14. The van der Waals surface area contributed by atoms with E-state index in [9.17, 15) is 4.79 Å². The van der Waals surface area contributed by atoms with E-state index in [0.717, 1.165) is 11.3 Å². The second-order valence-corrected chi connectivity index (χ2v) is 6.22. The molecule has 4 rings (SSSR count). The zero-order valence-corrected chi connectivity index (χ0v) is 14.6. The van der Waals surface area contributed by atoms with Crippen molar-refractivity contribution in [2.24, 2.45) is 0 Å². The van der Waals surface area contributed by atoms with Gasteiger partial charge in [-0.25, -0.2) is 0 Å². The summed E-state index contributed by atoms with van der Waals surface area (Å²) in [5.41, 5.74) is 3.51. The van der Waals surface area contributed by atoms with E-state index in [0.29, 0.717) is 27.7 Å². The number of rotatable bonds is 3. The van der Waals surface area contributed by atoms with Gasteiger partial charge in [-0.15, -0.1) is 10.2 Å². The number of carbonyl (C=O) groups excluding carboxylic acids is 1. The molecular formula is C19H14ClN5O. The van der Waals surface area contributed by atoms with E-state index in [1.165, 1.54) is 0 Å². The van der Waals surface area contributed by atoms with Gasteiger partial charge in [-0.1, -0.05) is 29.8 Å². The van der Waals surface area contributed by atoms with Gasteiger partial charge < -0.3 is 5.32 Å². The molecule has 1 N–H and O–H groups in total. The van der Waals surface area contributed by atoms with Crippen LogP contribution in [0, 0.1) is 6.92 Å². The number of carbonyl (C=O) groups is 1. The van der Waals surface area contributed by atoms with Crippen LogP contribution in [-0.4, -0.2) is 25.7 Å². The van der Waals surface area contributed by atoms with E-state index >= 15 is 0 Å². The Balaban J connectivity index is 1.63. The lowest BCUT2D eigenvalue weighted by Crippen LogP contribution is -2.11. The van der Waals surface area contributed by atoms with Crippen molar-refractivity contribution in [3.63, 3.8) is 0 Å². The molecule has 0 saturated carbocycles. The first-order valence-corrected chi connectivity index (χ1v) is 8.34. The van der Waals surface area contributed by atoms with Crippen LogP contribution in [0.15, 0.2) is 60.7 Å². The van der Waals surface area contributed by atoms with Crippen molar-refractivity contribution < 1.29 is 4.79 Å². The summed E-state index contributed by atoms with van der Waals surface area (Å²) >= 11 is 5.95. The molecule has 4 aromatic rings. The maximum atomic E-state index is 12.4. The van der Waals surface area contributed by atoms with Crippen molar-refractivity contribution in [1.29, 1.82) is 0 Å². The molecule has 0 aliphatic rings. The minimum Gasteiger partial charge on any atom is -0.322 e. The fourth-order valence-corrected chi connectivity index (χ4v) is 2.83. The van der Waals surface area contributed by atoms with Gasteiger partial charge in [0.1, 0.15) is 0 Å². The van der Waals surface area contributed by atoms with E-state index in [4.69, 9.17) is 11.6 Å². The van der Waals surface area contributed by atoms with Gasteiger partial charge in [0.2, 0.25) is 0 Å². The fourth-order valence-electron chi connectivity index (χ4n) is 2.64. The molecular weight excluding hydrogens is 350 g/mol. The largest absolute Gasteiger partial charge is 0.322 e. The molecule has 7 heteroatoms. The first kappa shape index (κ1) is 16.2. The van der Waals surface area contributed by atoms with E-state index < -0.39 is 0 Å². The van der Waals surface area contributed by atoms with Crippen LogP contribution >= 0.6 is 11.6 Å². The minimum absolute atomic E-state index is 0.220. The molecule has 26 heavy (non-hydrogen) atoms. The lowest BCUT2D eigenvalue weighted by Gasteiger charge is -2.08. The highest BCUT2D eigenvalue weighted by Gasteiger charge is 2.09. The Hall–Kier alpha value is -3.25. The van der Waals surface area contributed by atoms with Gasteiger partial charge in [-0.05, 0) is 49.4 Å². The number of fused-ring (bicyclic) bond motifs is 1. The van der Waals surface area contributed by atoms with Crippen LogP contribution in [0.3, 0.4) is 0 Å². The molecule has 0 bridgehead atoms. The molecule has 0 radical (unpaired) electrons. The molecule has 128 valence electrons. The van der Waals surface area contributed by atoms with Gasteiger partial charge in [-0.2, -0.15) is 9.61 Å². The topological polar surface area (TPSA) is 72.2 Å². The van der Waals surface area contributed by atoms with E-state index in [2.05, 4.69) is 20.6 Å². The number of nitrogens with one attached hydrogen (secondary N) is 1. The maximum absolute atomic E-state index is 12.4. The Kier molecular flexibility index (Phi) is 4.10. The van der Waals surface area contributed by atoms with Gasteiger partial charge in [0.05, 0.1) is 5.69 Å². The van der Waals surface area contributed by atoms with Crippen molar-refractivity contribution in [1.82, 2.24) is 19.8 Å². The highest BCUT2D eigenvalue weighted by molar-refractivity contribution is 6.31. The maximum Gasteiger partial charge on any atom is 0.255 e. The van der Waals surface area contributed by atoms with Crippen LogP contribution in [0.5, 0.6) is 0 Å². The Morgan fingerprint density at radius 1 is 1.04 bits per heavy atom. The van der Waals surface area contributed by atoms with Crippen molar-refractivity contribution in [2.75, 3.05) is 5.32 Å². The smallest absolute Gasteiger partial charge is 0.255 e. The number of hydrogen-bond acceptors (Lipinski definition) is 4. The average Bonchev–Trinajstić information content (AvgIpc) is 3.02. The summed E-state index contributed by atoms with van der Waals surface area (Å²) < 4.78 is 1.69. The van der Waals surface area contributed by atoms with E-state index in [1.54, 1.807) is 28.8 Å². The van der Waals surface area contributed by atoms with Crippen LogP contribution in [0.25, 0.3) is 16.9 Å². The Morgan fingerprint density at radius 3 is 2.73 bits per heavy atom. The first-order chi connectivity index (χ1) is 12.6. The highest BCUT2D eigenvalue weighted by atomic mass is 35.5. The molecule has 0 aliphatic carbocycles. The number of anilines is 1. The molecule has 6 nitrogen and oxygen atoms in total. The predicted molar refractivity (Wildman–Crippen MR) is 100 cm³/mol. The van der Waals surface area contributed by atoms with Crippen LogP contribution in [0.2, 0.25) is 5.02 Å². The molecule has 2 aromatic carbocycles. The number of nitrogens with zero attached hydrogens (tertiary/aromatic N) is 4. The van der Waals surface area contributed by atoms with Gasteiger partial charge in [-0.3, -0.25) is 4.79 Å². The van der Waals surface area contributed by atoms with Crippen molar-refractivity contribution >= 4 is 28.8 Å². The monoisotopic (exact) mass is 363 g/mol. The molecule has 2 heterocycles. The third-order valence-corrected chi connectivity index (χ3v) is 4.16. The summed E-state index contributed by atoms with van der Waals surface area (Å²) in [6, 6.07) is 18.1. The first-order valence-electron chi connectivity index (χ1n) is 7.96. The third-order valence-electron chi connectivity index (χ3n) is 3.92. The minimum atomic E-state index is -0.220. The molecule has 0 aliphatic heterocycles. The Labute approximate surface area is 154 Å². The number of halogens is 1. The van der Waals surface area contributed by atoms with Crippen molar-refractivity contribution in [3.05, 3.63) is 77.1 Å². The van der Waals surface area contributed by atoms with Crippen LogP contribution in [0.1, 0.15) is 16.2 Å². The quantitative estimate of drug-likeness (QED) is 0.597. The van der Waals surface area contributed by atoms with Gasteiger partial charge in [0, 0.05) is 21.8 Å². The van der Waals surface area contributed by atoms with Crippen molar-refractivity contribution in [2.45, 2.75) is 6.92 Å². The number of benzene rings is 2. The summed E-state index contributed by atoms with van der Waals surface area (Å²) in [5, 5.41) is 16.0. The number of amides is 1. The molecule has 0 spiro atoms. The van der Waals surface area contributed by atoms with Gasteiger partial charge in [0.15, 0.2) is 11.5 Å². The van der Waals surface area contributed by atoms with Gasteiger partial charge in [0.25, 0.3) is 5.91 Å². The fraction of sp³-hybridized carbons (Fsp3) is 0.0526. The SMILES string of the molecule is Cc1nnc2ccc(-c3cccc(NC(=O)c4cccc(Cl)c4)c3)nn12. The Morgan fingerprint density at radius 2 is 1.88 bits per heavy atom. The lowest BCUT2D eigenvalue weighted by atomic mass is 10.1. The van der Waals surface area contributed by atoms with Crippen LogP contribution in [-0.2, 0) is 0 Å². The van der Waals surface area contributed by atoms with Crippen molar-refractivity contribution in [3.8, 4) is 11.3 Å². The highest BCUT2D eigenvalue weighted by Crippen LogP contribution is 2.22. The van der Waals surface area contributed by atoms with Gasteiger partial charge >= 0.3 is 0 Å². The second kappa shape index (κ2) is 6.57. The predicted octanol–water partition coefficient (Wildman–Crippen LogP) is 4.01. The number of hydrogen-bond donors (Lipinski definition) is 1. The normalized spacial score (nSPS) is 10.8. The molecule has 0 unspecified atom stereocenters. The molecule has 0 fully saturated rings. The molecule has 0 saturated heterocycles. The molecule has 2 aromatic heterocycles. The average molecular weight is 364 g/mol. The summed E-state index contributed by atoms with van der Waals surface area (Å²) in [5.74, 6) is 0.495. The number of aryl methyl sites for hydroxylation is 1. The Bertz CT molecular complexity index is 1120. The van der Waals surface area contributed by atoms with E-state index in [-0.39, 0.29) is 5.91 Å². The summed E-state index contributed by atoms with van der Waals surface area (Å²) in [6.07, 6.45) is 0. The van der Waals surface area contributed by atoms with Crippen LogP contribution in [0.4, 0.5) is 5.69 Å². The second-order valence-electron chi connectivity index (χ2n) is 5.78. The van der Waals surface area contributed by atoms with E-state index in [1.807, 2.05) is 43.3 Å². The zero-order chi connectivity index (χ0) is 18.1. The lowest BCUT2D eigenvalue weighted by molar-refractivity contribution is 0.102. The number of aromatic nitrogens is 4. The summed E-state index contributed by atoms with van der Waals surface area (Å²) in [6.45, 7) is 1.85. The molecule has 0 atom stereocenters. The molecule has 1 amide bonds. The summed E-state index contributed by atoms with van der Waals surface area (Å²) in [4.78, 5) is 12.4.